The number of nitrogens with two attached hydrogens (primary N) is 1. The number of carboxylic acid groups (broad SMARTS) is 2. The van der Waals surface area contributed by atoms with Crippen molar-refractivity contribution in [2.24, 2.45) is 5.73 Å². The maximum Gasteiger partial charge on any atom is 0.409 e. The Balaban J connectivity index is 2.94. The lowest BCUT2D eigenvalue weighted by atomic mass is 10.1. The first kappa shape index (κ1) is 20.7. The Morgan fingerprint density at radius 1 is 1.19 bits per heavy atom. The molecule has 0 aliphatic rings. The Morgan fingerprint density at radius 2 is 1.81 bits per heavy atom. The van der Waals surface area contributed by atoms with E-state index in [0.717, 1.165) is 12.1 Å². The third-order valence-electron chi connectivity index (χ3n) is 3.14. The van der Waals surface area contributed by atoms with Crippen LogP contribution in [0.2, 0.25) is 0 Å². The molecule has 12 heteroatoms. The third-order valence-corrected chi connectivity index (χ3v) is 3.14. The molecule has 142 valence electrons. The van der Waals surface area contributed by atoms with Crippen molar-refractivity contribution in [2.45, 2.75) is 25.0 Å². The van der Waals surface area contributed by atoms with Gasteiger partial charge < -0.3 is 36.4 Å². The van der Waals surface area contributed by atoms with E-state index < -0.39 is 47.0 Å². The number of hydrogen-bond acceptors (Lipinski definition) is 8. The summed E-state index contributed by atoms with van der Waals surface area (Å²) in [6, 6.07) is 3.35. The molecule has 0 saturated heterocycles. The van der Waals surface area contributed by atoms with Gasteiger partial charge in [-0.1, -0.05) is 18.2 Å². The summed E-state index contributed by atoms with van der Waals surface area (Å²) in [5, 5.41) is 39.6. The van der Waals surface area contributed by atoms with Crippen LogP contribution >= 0.6 is 0 Å². The number of para-hydroxylation sites is 1. The zero-order valence-corrected chi connectivity index (χ0v) is 13.2. The molecule has 0 aliphatic carbocycles. The minimum Gasteiger partial charge on any atom is -0.733 e. The maximum absolute atomic E-state index is 11.8. The molecule has 1 rings (SSSR count). The molecular formula is C14H16N3O9-. The molecule has 1 unspecified atom stereocenters. The van der Waals surface area contributed by atoms with Gasteiger partial charge in [0.2, 0.25) is 12.0 Å². The van der Waals surface area contributed by atoms with Crippen molar-refractivity contribution in [2.75, 3.05) is 5.23 Å². The van der Waals surface area contributed by atoms with Gasteiger partial charge in [-0.15, -0.1) is 0 Å². The maximum atomic E-state index is 11.8. The number of alkyl carbamates (subject to hydrolysis) is 1. The average molecular weight is 370 g/mol. The molecule has 0 heterocycles. The van der Waals surface area contributed by atoms with Gasteiger partial charge in [0.15, 0.2) is 0 Å². The number of amides is 2. The number of primary amides is 1. The molecule has 6 N–H and O–H groups in total. The Bertz CT molecular complexity index is 692. The fourth-order valence-electron chi connectivity index (χ4n) is 1.96. The standard InChI is InChI=1S/C14H16N3O9/c15-10(18)6-5-8(12(19)20)16-14(23)26-11(13(21)22)7-3-1-2-4-9(7)17(24)25/h1-4,8,11,24H,5-6H2,(H2,15,18)(H,16,23)(H,19,20)(H,21,22)/q-1/t8-,11?/m0/s1. The number of hydrogen-bond donors (Lipinski definition) is 5. The normalized spacial score (nSPS) is 12.5. The minimum absolute atomic E-state index is 0.334. The summed E-state index contributed by atoms with van der Waals surface area (Å²) >= 11 is 0. The fourth-order valence-corrected chi connectivity index (χ4v) is 1.96. The van der Waals surface area contributed by atoms with E-state index in [4.69, 9.17) is 16.0 Å². The van der Waals surface area contributed by atoms with Gasteiger partial charge in [0.05, 0.1) is 5.69 Å². The van der Waals surface area contributed by atoms with Crippen LogP contribution in [0.25, 0.3) is 0 Å². The highest BCUT2D eigenvalue weighted by Crippen LogP contribution is 2.28. The number of carbonyl (C=O) groups is 4. The van der Waals surface area contributed by atoms with Crippen LogP contribution in [0.4, 0.5) is 10.5 Å². The van der Waals surface area contributed by atoms with Crippen molar-refractivity contribution in [1.29, 1.82) is 0 Å². The summed E-state index contributed by atoms with van der Waals surface area (Å²) in [6.07, 6.45) is -4.09. The fraction of sp³-hybridized carbons (Fsp3) is 0.286. The second-order valence-corrected chi connectivity index (χ2v) is 5.00. The third kappa shape index (κ3) is 5.92. The van der Waals surface area contributed by atoms with Gasteiger partial charge >= 0.3 is 18.0 Å². The van der Waals surface area contributed by atoms with Crippen molar-refractivity contribution in [3.63, 3.8) is 0 Å². The van der Waals surface area contributed by atoms with Crippen molar-refractivity contribution >= 4 is 29.6 Å². The number of ether oxygens (including phenoxy) is 1. The molecule has 0 saturated carbocycles. The molecule has 0 aromatic heterocycles. The SMILES string of the molecule is NC(=O)CC[C@H](NC(=O)OC(C(=O)O)c1ccccc1N([O-])O)C(=O)O. The lowest BCUT2D eigenvalue weighted by Crippen LogP contribution is -2.42. The van der Waals surface area contributed by atoms with E-state index in [-0.39, 0.29) is 18.4 Å². The first-order valence-electron chi connectivity index (χ1n) is 7.09. The van der Waals surface area contributed by atoms with Gasteiger partial charge in [-0.25, -0.2) is 14.4 Å². The van der Waals surface area contributed by atoms with Crippen LogP contribution in [0.1, 0.15) is 24.5 Å². The summed E-state index contributed by atoms with van der Waals surface area (Å²) in [6.45, 7) is 0. The van der Waals surface area contributed by atoms with Gasteiger partial charge in [0, 0.05) is 12.0 Å². The van der Waals surface area contributed by atoms with Crippen molar-refractivity contribution < 1.29 is 39.3 Å². The van der Waals surface area contributed by atoms with Crippen molar-refractivity contribution in [3.8, 4) is 0 Å². The Morgan fingerprint density at radius 3 is 2.31 bits per heavy atom. The van der Waals surface area contributed by atoms with Crippen LogP contribution in [0.15, 0.2) is 24.3 Å². The molecule has 2 atom stereocenters. The van der Waals surface area contributed by atoms with Crippen molar-refractivity contribution in [3.05, 3.63) is 35.0 Å². The molecule has 0 bridgehead atoms. The van der Waals surface area contributed by atoms with Gasteiger partial charge in [-0.3, -0.25) is 10.0 Å². The van der Waals surface area contributed by atoms with E-state index in [1.165, 1.54) is 12.1 Å². The monoisotopic (exact) mass is 370 g/mol. The van der Waals surface area contributed by atoms with Crippen LogP contribution in [-0.4, -0.2) is 45.4 Å². The Labute approximate surface area is 146 Å². The lowest BCUT2D eigenvalue weighted by molar-refractivity contribution is -0.147. The van der Waals surface area contributed by atoms with Crippen LogP contribution in [0.5, 0.6) is 0 Å². The van der Waals surface area contributed by atoms with Gasteiger partial charge in [0.25, 0.3) is 0 Å². The molecule has 26 heavy (non-hydrogen) atoms. The van der Waals surface area contributed by atoms with Crippen LogP contribution in [0, 0.1) is 5.21 Å². The second-order valence-electron chi connectivity index (χ2n) is 5.00. The molecule has 0 spiro atoms. The van der Waals surface area contributed by atoms with E-state index in [0.29, 0.717) is 0 Å². The van der Waals surface area contributed by atoms with E-state index in [1.54, 1.807) is 0 Å². The largest absolute Gasteiger partial charge is 0.733 e. The highest BCUT2D eigenvalue weighted by Gasteiger charge is 2.29. The number of anilines is 1. The number of rotatable bonds is 9. The molecular weight excluding hydrogens is 354 g/mol. The molecule has 0 fully saturated rings. The highest BCUT2D eigenvalue weighted by atomic mass is 16.8. The summed E-state index contributed by atoms with van der Waals surface area (Å²) < 4.78 is 4.67. The molecule has 1 aromatic carbocycles. The molecule has 0 aliphatic heterocycles. The minimum atomic E-state index is -2.00. The van der Waals surface area contributed by atoms with Crippen molar-refractivity contribution in [1.82, 2.24) is 5.32 Å². The topological polar surface area (TPSA) is 203 Å². The lowest BCUT2D eigenvalue weighted by Gasteiger charge is -2.26. The number of carboxylic acids is 2. The molecule has 0 radical (unpaired) electrons. The number of benzene rings is 1. The Kier molecular flexibility index (Phi) is 7.31. The summed E-state index contributed by atoms with van der Waals surface area (Å²) in [4.78, 5) is 45.0. The summed E-state index contributed by atoms with van der Waals surface area (Å²) in [7, 11) is 0. The Hall–Kier alpha value is -3.38. The molecule has 12 nitrogen and oxygen atoms in total. The smallest absolute Gasteiger partial charge is 0.409 e. The van der Waals surface area contributed by atoms with Crippen LogP contribution in [-0.2, 0) is 19.1 Å². The second kappa shape index (κ2) is 9.19. The predicted molar refractivity (Wildman–Crippen MR) is 83.9 cm³/mol. The number of carbonyl (C=O) groups excluding carboxylic acids is 2. The zero-order valence-electron chi connectivity index (χ0n) is 13.2. The van der Waals surface area contributed by atoms with E-state index in [2.05, 4.69) is 4.74 Å². The average Bonchev–Trinajstić information content (AvgIpc) is 2.55. The number of nitrogens with one attached hydrogen (secondary N) is 1. The quantitative estimate of drug-likeness (QED) is 0.367. The highest BCUT2D eigenvalue weighted by molar-refractivity contribution is 5.84. The van der Waals surface area contributed by atoms with Crippen LogP contribution in [0.3, 0.4) is 0 Å². The first-order chi connectivity index (χ1) is 12.1. The number of aliphatic carboxylic acids is 2. The predicted octanol–water partition coefficient (Wildman–Crippen LogP) is -0.0494. The molecule has 1 aromatic rings. The summed E-state index contributed by atoms with van der Waals surface area (Å²) in [5.74, 6) is -3.95. The first-order valence-corrected chi connectivity index (χ1v) is 7.09. The van der Waals surface area contributed by atoms with E-state index >= 15 is 0 Å². The van der Waals surface area contributed by atoms with Crippen LogP contribution < -0.4 is 16.3 Å². The van der Waals surface area contributed by atoms with E-state index in [1.807, 2.05) is 5.32 Å². The van der Waals surface area contributed by atoms with Gasteiger partial charge in [0.1, 0.15) is 6.04 Å². The summed E-state index contributed by atoms with van der Waals surface area (Å²) in [5.41, 5.74) is 4.09. The molecule has 2 amide bonds. The van der Waals surface area contributed by atoms with E-state index in [9.17, 15) is 29.5 Å². The number of nitrogens with zero attached hydrogens (tertiary/aromatic N) is 1. The van der Waals surface area contributed by atoms with Gasteiger partial charge in [-0.05, 0) is 12.5 Å². The van der Waals surface area contributed by atoms with Gasteiger partial charge in [-0.2, -0.15) is 0 Å². The zero-order chi connectivity index (χ0) is 19.9.